The van der Waals surface area contributed by atoms with Crippen molar-refractivity contribution in [3.63, 3.8) is 0 Å². The van der Waals surface area contributed by atoms with Crippen LogP contribution in [0.25, 0.3) is 0 Å². The molecule has 0 atom stereocenters. The second-order valence-corrected chi connectivity index (χ2v) is 5.75. The van der Waals surface area contributed by atoms with Gasteiger partial charge in [-0.25, -0.2) is 0 Å². The van der Waals surface area contributed by atoms with Crippen molar-refractivity contribution in [3.8, 4) is 11.5 Å². The Bertz CT molecular complexity index is 678. The summed E-state index contributed by atoms with van der Waals surface area (Å²) in [5.74, 6) is 0.651. The standard InChI is InChI=1S/C18H18ClF2NO3/c1-22(10-11-24-15-8-4-14(19)5-9-15)17(23)12-13-2-6-16(7-3-13)25-18(20)21/h2-9,18H,10-12H2,1H3. The molecular formula is C18H18ClF2NO3. The molecule has 2 rings (SSSR count). The number of nitrogens with zero attached hydrogens (tertiary/aromatic N) is 1. The zero-order valence-corrected chi connectivity index (χ0v) is 14.4. The first-order valence-electron chi connectivity index (χ1n) is 7.60. The third-order valence-electron chi connectivity index (χ3n) is 3.44. The number of halogens is 3. The van der Waals surface area contributed by atoms with Gasteiger partial charge in [-0.1, -0.05) is 23.7 Å². The molecule has 0 spiro atoms. The van der Waals surface area contributed by atoms with Crippen molar-refractivity contribution >= 4 is 17.5 Å². The molecule has 0 aliphatic carbocycles. The van der Waals surface area contributed by atoms with E-state index in [0.717, 1.165) is 5.56 Å². The molecule has 0 fully saturated rings. The Morgan fingerprint density at radius 1 is 1.08 bits per heavy atom. The van der Waals surface area contributed by atoms with Crippen LogP contribution in [-0.4, -0.2) is 37.6 Å². The van der Waals surface area contributed by atoms with Gasteiger partial charge < -0.3 is 14.4 Å². The quantitative estimate of drug-likeness (QED) is 0.705. The van der Waals surface area contributed by atoms with Gasteiger partial charge in [-0.2, -0.15) is 8.78 Å². The van der Waals surface area contributed by atoms with Crippen LogP contribution in [0.3, 0.4) is 0 Å². The molecule has 0 saturated heterocycles. The Morgan fingerprint density at radius 3 is 2.28 bits per heavy atom. The predicted molar refractivity (Wildman–Crippen MR) is 91.4 cm³/mol. The van der Waals surface area contributed by atoms with Gasteiger partial charge in [-0.15, -0.1) is 0 Å². The maximum Gasteiger partial charge on any atom is 0.387 e. The Labute approximate surface area is 149 Å². The number of benzene rings is 2. The molecule has 0 unspecified atom stereocenters. The number of amides is 1. The molecule has 0 aliphatic heterocycles. The largest absolute Gasteiger partial charge is 0.492 e. The minimum atomic E-state index is -2.86. The van der Waals surface area contributed by atoms with Gasteiger partial charge in [0.15, 0.2) is 0 Å². The molecule has 7 heteroatoms. The molecule has 0 aromatic heterocycles. The number of alkyl halides is 2. The number of ether oxygens (including phenoxy) is 2. The lowest BCUT2D eigenvalue weighted by atomic mass is 10.1. The number of hydrogen-bond acceptors (Lipinski definition) is 3. The summed E-state index contributed by atoms with van der Waals surface area (Å²) in [7, 11) is 1.68. The van der Waals surface area contributed by atoms with E-state index < -0.39 is 6.61 Å². The summed E-state index contributed by atoms with van der Waals surface area (Å²) in [6.07, 6.45) is 0.173. The van der Waals surface area contributed by atoms with Gasteiger partial charge in [0.1, 0.15) is 18.1 Å². The molecule has 0 aliphatic rings. The van der Waals surface area contributed by atoms with E-state index in [4.69, 9.17) is 16.3 Å². The highest BCUT2D eigenvalue weighted by atomic mass is 35.5. The van der Waals surface area contributed by atoms with Gasteiger partial charge in [0.05, 0.1) is 13.0 Å². The van der Waals surface area contributed by atoms with Gasteiger partial charge in [0.2, 0.25) is 5.91 Å². The fourth-order valence-corrected chi connectivity index (χ4v) is 2.18. The third-order valence-corrected chi connectivity index (χ3v) is 3.69. The normalized spacial score (nSPS) is 10.6. The van der Waals surface area contributed by atoms with Gasteiger partial charge in [-0.3, -0.25) is 4.79 Å². The molecule has 4 nitrogen and oxygen atoms in total. The van der Waals surface area contributed by atoms with E-state index in [9.17, 15) is 13.6 Å². The second kappa shape index (κ2) is 9.22. The Hall–Kier alpha value is -2.34. The summed E-state index contributed by atoms with van der Waals surface area (Å²) in [6, 6.07) is 13.0. The minimum absolute atomic E-state index is 0.0657. The second-order valence-electron chi connectivity index (χ2n) is 5.32. The van der Waals surface area contributed by atoms with Crippen LogP contribution in [0.2, 0.25) is 5.02 Å². The van der Waals surface area contributed by atoms with Crippen molar-refractivity contribution in [3.05, 3.63) is 59.1 Å². The number of likely N-dealkylation sites (N-methyl/N-ethyl adjacent to an activating group) is 1. The highest BCUT2D eigenvalue weighted by Gasteiger charge is 2.10. The molecule has 0 heterocycles. The Balaban J connectivity index is 1.76. The van der Waals surface area contributed by atoms with Crippen molar-refractivity contribution in [2.75, 3.05) is 20.2 Å². The van der Waals surface area contributed by atoms with Crippen LogP contribution >= 0.6 is 11.6 Å². The number of carbonyl (C=O) groups is 1. The smallest absolute Gasteiger partial charge is 0.387 e. The number of hydrogen-bond donors (Lipinski definition) is 0. The average molecular weight is 370 g/mol. The van der Waals surface area contributed by atoms with E-state index in [-0.39, 0.29) is 18.1 Å². The van der Waals surface area contributed by atoms with Crippen molar-refractivity contribution in [1.29, 1.82) is 0 Å². The number of rotatable bonds is 8. The first-order valence-corrected chi connectivity index (χ1v) is 7.98. The third kappa shape index (κ3) is 6.58. The molecule has 25 heavy (non-hydrogen) atoms. The van der Waals surface area contributed by atoms with Gasteiger partial charge in [-0.05, 0) is 42.0 Å². The van der Waals surface area contributed by atoms with Crippen LogP contribution < -0.4 is 9.47 Å². The summed E-state index contributed by atoms with van der Waals surface area (Å²) in [4.78, 5) is 13.7. The van der Waals surface area contributed by atoms with E-state index in [0.29, 0.717) is 23.9 Å². The summed E-state index contributed by atoms with van der Waals surface area (Å²) in [6.45, 7) is -2.08. The van der Waals surface area contributed by atoms with E-state index in [2.05, 4.69) is 4.74 Å². The van der Waals surface area contributed by atoms with Crippen molar-refractivity contribution in [2.24, 2.45) is 0 Å². The van der Waals surface area contributed by atoms with E-state index in [1.807, 2.05) is 0 Å². The van der Waals surface area contributed by atoms with Crippen molar-refractivity contribution < 1.29 is 23.0 Å². The molecule has 2 aromatic carbocycles. The van der Waals surface area contributed by atoms with E-state index in [1.54, 1.807) is 48.3 Å². The lowest BCUT2D eigenvalue weighted by molar-refractivity contribution is -0.129. The summed E-state index contributed by atoms with van der Waals surface area (Å²) in [5, 5.41) is 0.629. The van der Waals surface area contributed by atoms with Crippen LogP contribution in [0.1, 0.15) is 5.56 Å². The lowest BCUT2D eigenvalue weighted by Crippen LogP contribution is -2.32. The van der Waals surface area contributed by atoms with Gasteiger partial charge in [0, 0.05) is 12.1 Å². The van der Waals surface area contributed by atoms with Gasteiger partial charge >= 0.3 is 6.61 Å². The number of carbonyl (C=O) groups excluding carboxylic acids is 1. The van der Waals surface area contributed by atoms with Crippen LogP contribution in [-0.2, 0) is 11.2 Å². The van der Waals surface area contributed by atoms with Gasteiger partial charge in [0.25, 0.3) is 0 Å². The summed E-state index contributed by atoms with van der Waals surface area (Å²) in [5.41, 5.74) is 0.720. The molecule has 0 bridgehead atoms. The zero-order chi connectivity index (χ0) is 18.2. The molecule has 0 radical (unpaired) electrons. The predicted octanol–water partition coefficient (Wildman–Crippen LogP) is 4.02. The Kier molecular flexibility index (Phi) is 7.01. The maximum atomic E-state index is 12.2. The molecule has 2 aromatic rings. The monoisotopic (exact) mass is 369 g/mol. The van der Waals surface area contributed by atoms with Crippen LogP contribution in [0.5, 0.6) is 11.5 Å². The average Bonchev–Trinajstić information content (AvgIpc) is 2.58. The first kappa shape index (κ1) is 19.0. The first-order chi connectivity index (χ1) is 11.9. The molecule has 1 amide bonds. The molecular weight excluding hydrogens is 352 g/mol. The SMILES string of the molecule is CN(CCOc1ccc(Cl)cc1)C(=O)Cc1ccc(OC(F)F)cc1. The zero-order valence-electron chi connectivity index (χ0n) is 13.6. The molecule has 0 N–H and O–H groups in total. The highest BCUT2D eigenvalue weighted by molar-refractivity contribution is 6.30. The topological polar surface area (TPSA) is 38.8 Å². The summed E-state index contributed by atoms with van der Waals surface area (Å²) < 4.78 is 34.0. The van der Waals surface area contributed by atoms with Crippen LogP contribution in [0.15, 0.2) is 48.5 Å². The Morgan fingerprint density at radius 2 is 1.68 bits per heavy atom. The van der Waals surface area contributed by atoms with Crippen molar-refractivity contribution in [1.82, 2.24) is 4.90 Å². The van der Waals surface area contributed by atoms with E-state index >= 15 is 0 Å². The molecule has 134 valence electrons. The summed E-state index contributed by atoms with van der Waals surface area (Å²) >= 11 is 5.80. The van der Waals surface area contributed by atoms with Crippen LogP contribution in [0.4, 0.5) is 8.78 Å². The maximum absolute atomic E-state index is 12.2. The fourth-order valence-electron chi connectivity index (χ4n) is 2.05. The van der Waals surface area contributed by atoms with Crippen molar-refractivity contribution in [2.45, 2.75) is 13.0 Å². The lowest BCUT2D eigenvalue weighted by Gasteiger charge is -2.17. The molecule has 0 saturated carbocycles. The highest BCUT2D eigenvalue weighted by Crippen LogP contribution is 2.16. The van der Waals surface area contributed by atoms with E-state index in [1.165, 1.54) is 12.1 Å². The van der Waals surface area contributed by atoms with Crippen LogP contribution in [0, 0.1) is 0 Å². The minimum Gasteiger partial charge on any atom is -0.492 e. The fraction of sp³-hybridized carbons (Fsp3) is 0.278.